The molecule has 0 aromatic heterocycles. The van der Waals surface area contributed by atoms with Crippen molar-refractivity contribution < 1.29 is 4.79 Å². The number of amides is 1. The summed E-state index contributed by atoms with van der Waals surface area (Å²) in [6.45, 7) is 8.99. The summed E-state index contributed by atoms with van der Waals surface area (Å²) >= 11 is 0. The Balaban J connectivity index is 2.35. The van der Waals surface area contributed by atoms with E-state index in [1.807, 2.05) is 4.90 Å². The van der Waals surface area contributed by atoms with Gasteiger partial charge in [-0.2, -0.15) is 0 Å². The number of hydrogen-bond donors (Lipinski definition) is 1. The van der Waals surface area contributed by atoms with E-state index in [2.05, 4.69) is 19.2 Å². The normalized spacial score (nSPS) is 27.8. The Bertz CT molecular complexity index is 194. The first-order valence-electron chi connectivity index (χ1n) is 5.64. The number of carbonyl (C=O) groups excluding carboxylic acids is 1. The molecule has 1 N–H and O–H groups in total. The maximum Gasteiger partial charge on any atom is 0.219 e. The number of rotatable bonds is 3. The topological polar surface area (TPSA) is 32.3 Å². The number of nitrogens with one attached hydrogen (secondary N) is 1. The summed E-state index contributed by atoms with van der Waals surface area (Å²) in [7, 11) is 0. The molecule has 3 nitrogen and oxygen atoms in total. The molecule has 1 saturated heterocycles. The lowest BCUT2D eigenvalue weighted by Crippen LogP contribution is -2.49. The maximum atomic E-state index is 11.2. The van der Waals surface area contributed by atoms with Crippen molar-refractivity contribution in [3.05, 3.63) is 0 Å². The Labute approximate surface area is 86.9 Å². The summed E-state index contributed by atoms with van der Waals surface area (Å²) in [5.74, 6) is 0.796. The Kier molecular flexibility index (Phi) is 4.39. The molecule has 0 spiro atoms. The van der Waals surface area contributed by atoms with Gasteiger partial charge in [0.25, 0.3) is 0 Å². The van der Waals surface area contributed by atoms with Crippen LogP contribution in [-0.2, 0) is 4.79 Å². The van der Waals surface area contributed by atoms with Gasteiger partial charge in [0.2, 0.25) is 5.91 Å². The van der Waals surface area contributed by atoms with Gasteiger partial charge in [-0.3, -0.25) is 4.79 Å². The second kappa shape index (κ2) is 5.35. The van der Waals surface area contributed by atoms with Gasteiger partial charge in [-0.05, 0) is 25.3 Å². The Morgan fingerprint density at radius 3 is 2.79 bits per heavy atom. The molecule has 1 rings (SSSR count). The van der Waals surface area contributed by atoms with Crippen LogP contribution in [0.4, 0.5) is 0 Å². The first-order chi connectivity index (χ1) is 6.65. The molecule has 0 radical (unpaired) electrons. The molecule has 0 aromatic rings. The third-order valence-corrected chi connectivity index (χ3v) is 3.01. The lowest BCUT2D eigenvalue weighted by molar-refractivity contribution is -0.130. The Morgan fingerprint density at radius 2 is 2.29 bits per heavy atom. The largest absolute Gasteiger partial charge is 0.343 e. The molecule has 1 heterocycles. The summed E-state index contributed by atoms with van der Waals surface area (Å²) in [5.41, 5.74) is 0. The van der Waals surface area contributed by atoms with Crippen LogP contribution >= 0.6 is 0 Å². The molecule has 0 aliphatic carbocycles. The quantitative estimate of drug-likeness (QED) is 0.740. The molecule has 1 fully saturated rings. The minimum absolute atomic E-state index is 0.214. The molecule has 0 bridgehead atoms. The number of hydrogen-bond acceptors (Lipinski definition) is 2. The second-order valence-electron chi connectivity index (χ2n) is 4.29. The average Bonchev–Trinajstić information content (AvgIpc) is 2.15. The monoisotopic (exact) mass is 198 g/mol. The van der Waals surface area contributed by atoms with Gasteiger partial charge >= 0.3 is 0 Å². The van der Waals surface area contributed by atoms with E-state index in [1.165, 1.54) is 6.42 Å². The fraction of sp³-hybridized carbons (Fsp3) is 0.909. The van der Waals surface area contributed by atoms with Crippen LogP contribution < -0.4 is 5.32 Å². The van der Waals surface area contributed by atoms with Gasteiger partial charge in [0.05, 0.1) is 0 Å². The molecule has 1 amide bonds. The molecular weight excluding hydrogens is 176 g/mol. The maximum absolute atomic E-state index is 11.2. The SMILES string of the molecule is CCCNC1CCN(C(C)=O)CC1C. The summed E-state index contributed by atoms with van der Waals surface area (Å²) in [4.78, 5) is 13.1. The van der Waals surface area contributed by atoms with Crippen molar-refractivity contribution in [1.29, 1.82) is 0 Å². The van der Waals surface area contributed by atoms with Gasteiger partial charge in [-0.15, -0.1) is 0 Å². The first kappa shape index (κ1) is 11.5. The van der Waals surface area contributed by atoms with Gasteiger partial charge in [0.1, 0.15) is 0 Å². The van der Waals surface area contributed by atoms with E-state index < -0.39 is 0 Å². The zero-order chi connectivity index (χ0) is 10.6. The van der Waals surface area contributed by atoms with E-state index in [1.54, 1.807) is 6.92 Å². The first-order valence-corrected chi connectivity index (χ1v) is 5.64. The van der Waals surface area contributed by atoms with Gasteiger partial charge < -0.3 is 10.2 Å². The summed E-state index contributed by atoms with van der Waals surface area (Å²) in [6, 6.07) is 0.602. The van der Waals surface area contributed by atoms with Gasteiger partial charge in [0.15, 0.2) is 0 Å². The van der Waals surface area contributed by atoms with Crippen molar-refractivity contribution in [3.63, 3.8) is 0 Å². The van der Waals surface area contributed by atoms with Crippen molar-refractivity contribution in [1.82, 2.24) is 10.2 Å². The van der Waals surface area contributed by atoms with E-state index in [9.17, 15) is 4.79 Å². The fourth-order valence-electron chi connectivity index (χ4n) is 2.06. The molecule has 1 aliphatic heterocycles. The van der Waals surface area contributed by atoms with Crippen molar-refractivity contribution in [2.75, 3.05) is 19.6 Å². The summed E-state index contributed by atoms with van der Waals surface area (Å²) in [6.07, 6.45) is 2.28. The van der Waals surface area contributed by atoms with Crippen molar-refractivity contribution >= 4 is 5.91 Å². The lowest BCUT2D eigenvalue weighted by atomic mass is 9.94. The van der Waals surface area contributed by atoms with Crippen LogP contribution in [0.2, 0.25) is 0 Å². The molecule has 14 heavy (non-hydrogen) atoms. The highest BCUT2D eigenvalue weighted by molar-refractivity contribution is 5.73. The Hall–Kier alpha value is -0.570. The lowest BCUT2D eigenvalue weighted by Gasteiger charge is -2.37. The summed E-state index contributed by atoms with van der Waals surface area (Å²) in [5, 5.41) is 3.54. The highest BCUT2D eigenvalue weighted by atomic mass is 16.2. The van der Waals surface area contributed by atoms with E-state index in [4.69, 9.17) is 0 Å². The summed E-state index contributed by atoms with van der Waals surface area (Å²) < 4.78 is 0. The van der Waals surface area contributed by atoms with E-state index >= 15 is 0 Å². The van der Waals surface area contributed by atoms with Crippen LogP contribution in [-0.4, -0.2) is 36.5 Å². The van der Waals surface area contributed by atoms with Crippen molar-refractivity contribution in [2.45, 2.75) is 39.7 Å². The van der Waals surface area contributed by atoms with Gasteiger partial charge in [-0.1, -0.05) is 13.8 Å². The minimum Gasteiger partial charge on any atom is -0.343 e. The van der Waals surface area contributed by atoms with Crippen molar-refractivity contribution in [2.24, 2.45) is 5.92 Å². The third kappa shape index (κ3) is 2.98. The van der Waals surface area contributed by atoms with E-state index in [-0.39, 0.29) is 5.91 Å². The fourth-order valence-corrected chi connectivity index (χ4v) is 2.06. The van der Waals surface area contributed by atoms with Crippen LogP contribution in [0, 0.1) is 5.92 Å². The van der Waals surface area contributed by atoms with Crippen LogP contribution in [0.3, 0.4) is 0 Å². The standard InChI is InChI=1S/C11H22N2O/c1-4-6-12-11-5-7-13(10(3)14)8-9(11)2/h9,11-12H,4-8H2,1-3H3. The van der Waals surface area contributed by atoms with Gasteiger partial charge in [0, 0.05) is 26.1 Å². The van der Waals surface area contributed by atoms with Crippen LogP contribution in [0.15, 0.2) is 0 Å². The Morgan fingerprint density at radius 1 is 1.57 bits per heavy atom. The third-order valence-electron chi connectivity index (χ3n) is 3.01. The predicted molar refractivity (Wildman–Crippen MR) is 58.1 cm³/mol. The van der Waals surface area contributed by atoms with E-state index in [0.29, 0.717) is 12.0 Å². The predicted octanol–water partition coefficient (Wildman–Crippen LogP) is 1.24. The molecule has 1 aliphatic rings. The number of likely N-dealkylation sites (tertiary alicyclic amines) is 1. The average molecular weight is 198 g/mol. The van der Waals surface area contributed by atoms with Crippen LogP contribution in [0.1, 0.15) is 33.6 Å². The molecule has 0 aromatic carbocycles. The molecule has 82 valence electrons. The zero-order valence-electron chi connectivity index (χ0n) is 9.55. The molecule has 3 heteroatoms. The zero-order valence-corrected chi connectivity index (χ0v) is 9.55. The van der Waals surface area contributed by atoms with E-state index in [0.717, 1.165) is 26.1 Å². The van der Waals surface area contributed by atoms with Gasteiger partial charge in [-0.25, -0.2) is 0 Å². The molecule has 2 unspecified atom stereocenters. The second-order valence-corrected chi connectivity index (χ2v) is 4.29. The molecular formula is C11H22N2O. The molecule has 2 atom stereocenters. The number of piperidine rings is 1. The number of nitrogens with zero attached hydrogens (tertiary/aromatic N) is 1. The minimum atomic E-state index is 0.214. The smallest absolute Gasteiger partial charge is 0.219 e. The molecule has 0 saturated carbocycles. The van der Waals surface area contributed by atoms with Crippen LogP contribution in [0.5, 0.6) is 0 Å². The highest BCUT2D eigenvalue weighted by Gasteiger charge is 2.26. The highest BCUT2D eigenvalue weighted by Crippen LogP contribution is 2.16. The van der Waals surface area contributed by atoms with Crippen LogP contribution in [0.25, 0.3) is 0 Å². The van der Waals surface area contributed by atoms with Crippen molar-refractivity contribution in [3.8, 4) is 0 Å². The number of carbonyl (C=O) groups is 1.